The SMILES string of the molecule is CCCCCCCC/C=C\CCCCCCCC(=O)OC1CCC2(C)C3=C(CCC2C1)C1CCC(C(C)CCCC(C)C)C1(C)CC3. The molecule has 0 aromatic rings. The van der Waals surface area contributed by atoms with Crippen molar-refractivity contribution < 1.29 is 9.53 Å². The maximum Gasteiger partial charge on any atom is 0.306 e. The van der Waals surface area contributed by atoms with Crippen LogP contribution in [0, 0.1) is 40.4 Å². The zero-order chi connectivity index (χ0) is 33.7. The van der Waals surface area contributed by atoms with Crippen LogP contribution in [0.1, 0.15) is 208 Å². The van der Waals surface area contributed by atoms with Gasteiger partial charge in [0.1, 0.15) is 6.10 Å². The van der Waals surface area contributed by atoms with E-state index in [9.17, 15) is 4.79 Å². The van der Waals surface area contributed by atoms with Crippen molar-refractivity contribution in [2.75, 3.05) is 0 Å². The molecule has 0 spiro atoms. The number of ether oxygens (including phenoxy) is 1. The summed E-state index contributed by atoms with van der Waals surface area (Å²) < 4.78 is 6.15. The van der Waals surface area contributed by atoms with Gasteiger partial charge in [-0.3, -0.25) is 4.79 Å². The van der Waals surface area contributed by atoms with Gasteiger partial charge in [0.15, 0.2) is 0 Å². The Kier molecular flexibility index (Phi) is 16.0. The molecule has 4 aliphatic carbocycles. The van der Waals surface area contributed by atoms with Crippen molar-refractivity contribution in [2.24, 2.45) is 40.4 Å². The number of carbonyl (C=O) groups excluding carboxylic acids is 1. The van der Waals surface area contributed by atoms with Crippen LogP contribution in [0.3, 0.4) is 0 Å². The molecule has 2 nitrogen and oxygen atoms in total. The van der Waals surface area contributed by atoms with Crippen molar-refractivity contribution in [1.82, 2.24) is 0 Å². The van der Waals surface area contributed by atoms with Gasteiger partial charge < -0.3 is 4.74 Å². The van der Waals surface area contributed by atoms with Gasteiger partial charge in [0, 0.05) is 6.42 Å². The van der Waals surface area contributed by atoms with E-state index in [1.807, 2.05) is 11.1 Å². The fourth-order valence-corrected chi connectivity index (χ4v) is 11.1. The molecule has 2 fully saturated rings. The monoisotopic (exact) mass is 651 g/mol. The van der Waals surface area contributed by atoms with Gasteiger partial charge in [-0.05, 0) is 130 Å². The first-order chi connectivity index (χ1) is 22.7. The number of fused-ring (bicyclic) bond motifs is 4. The van der Waals surface area contributed by atoms with Gasteiger partial charge in [0.2, 0.25) is 0 Å². The van der Waals surface area contributed by atoms with Gasteiger partial charge in [-0.15, -0.1) is 0 Å². The summed E-state index contributed by atoms with van der Waals surface area (Å²) in [6, 6.07) is 0. The zero-order valence-corrected chi connectivity index (χ0v) is 32.3. The highest BCUT2D eigenvalue weighted by atomic mass is 16.5. The van der Waals surface area contributed by atoms with Crippen LogP contribution < -0.4 is 0 Å². The van der Waals surface area contributed by atoms with E-state index in [2.05, 4.69) is 53.7 Å². The van der Waals surface area contributed by atoms with Crippen LogP contribution in [0.4, 0.5) is 0 Å². The number of carbonyl (C=O) groups is 1. The highest BCUT2D eigenvalue weighted by Crippen LogP contribution is 2.66. The van der Waals surface area contributed by atoms with Crippen molar-refractivity contribution >= 4 is 5.97 Å². The average molecular weight is 651 g/mol. The van der Waals surface area contributed by atoms with E-state index in [0.717, 1.165) is 49.4 Å². The summed E-state index contributed by atoms with van der Waals surface area (Å²) in [7, 11) is 0. The molecule has 0 aromatic carbocycles. The van der Waals surface area contributed by atoms with E-state index in [1.54, 1.807) is 0 Å². The first-order valence-corrected chi connectivity index (χ1v) is 21.3. The lowest BCUT2D eigenvalue weighted by Gasteiger charge is -2.55. The molecular formula is C45H78O2. The molecule has 270 valence electrons. The number of allylic oxidation sites excluding steroid dienone is 4. The average Bonchev–Trinajstić information content (AvgIpc) is 3.40. The second-order valence-electron chi connectivity index (χ2n) is 17.9. The number of hydrogen-bond donors (Lipinski definition) is 0. The van der Waals surface area contributed by atoms with Crippen molar-refractivity contribution in [2.45, 2.75) is 215 Å². The summed E-state index contributed by atoms with van der Waals surface area (Å²) in [5.74, 6) is 4.22. The third-order valence-corrected chi connectivity index (χ3v) is 14.1. The Morgan fingerprint density at radius 2 is 1.47 bits per heavy atom. The molecule has 7 atom stereocenters. The van der Waals surface area contributed by atoms with Crippen molar-refractivity contribution in [1.29, 1.82) is 0 Å². The Balaban J connectivity index is 1.12. The van der Waals surface area contributed by atoms with E-state index in [4.69, 9.17) is 4.74 Å². The van der Waals surface area contributed by atoms with E-state index in [-0.39, 0.29) is 12.1 Å². The maximum atomic E-state index is 12.8. The number of hydrogen-bond acceptors (Lipinski definition) is 2. The van der Waals surface area contributed by atoms with E-state index < -0.39 is 0 Å². The summed E-state index contributed by atoms with van der Waals surface area (Å²) in [6.45, 7) is 14.9. The molecule has 4 aliphatic rings. The van der Waals surface area contributed by atoms with Gasteiger partial charge in [0.05, 0.1) is 0 Å². The number of rotatable bonds is 21. The minimum absolute atomic E-state index is 0.0693. The largest absolute Gasteiger partial charge is 0.462 e. The van der Waals surface area contributed by atoms with Crippen molar-refractivity contribution in [3.05, 3.63) is 23.3 Å². The molecule has 4 rings (SSSR count). The molecule has 0 amide bonds. The summed E-state index contributed by atoms with van der Waals surface area (Å²) in [5.41, 5.74) is 4.66. The van der Waals surface area contributed by atoms with Crippen molar-refractivity contribution in [3.63, 3.8) is 0 Å². The minimum Gasteiger partial charge on any atom is -0.462 e. The first-order valence-electron chi connectivity index (χ1n) is 21.3. The molecule has 0 bridgehead atoms. The van der Waals surface area contributed by atoms with E-state index in [0.29, 0.717) is 23.2 Å². The topological polar surface area (TPSA) is 26.3 Å². The lowest BCUT2D eigenvalue weighted by Crippen LogP contribution is -2.46. The maximum absolute atomic E-state index is 12.8. The van der Waals surface area contributed by atoms with Crippen LogP contribution in [0.2, 0.25) is 0 Å². The smallest absolute Gasteiger partial charge is 0.306 e. The van der Waals surface area contributed by atoms with Gasteiger partial charge >= 0.3 is 5.97 Å². The predicted octanol–water partition coefficient (Wildman–Crippen LogP) is 14.1. The Labute approximate surface area is 293 Å². The number of unbranched alkanes of at least 4 members (excludes halogenated alkanes) is 11. The standard InChI is InChI=1S/C45H78O2/c1-7-8-9-10-11-12-13-14-15-16-17-18-19-20-21-25-43(46)47-38-30-32-44(5)37(34-38)26-27-39-41-29-28-40(36(4)24-22-23-35(2)3)45(41,6)33-31-42(39)44/h14-15,35-38,40-41H,7-13,16-34H2,1-6H3/b15-14-. The molecule has 2 heteroatoms. The molecular weight excluding hydrogens is 572 g/mol. The number of esters is 1. The molecule has 0 saturated heterocycles. The fourth-order valence-electron chi connectivity index (χ4n) is 11.1. The second kappa shape index (κ2) is 19.4. The summed E-state index contributed by atoms with van der Waals surface area (Å²) in [6.07, 6.45) is 38.2. The fraction of sp³-hybridized carbons (Fsp3) is 0.889. The third-order valence-electron chi connectivity index (χ3n) is 14.1. The predicted molar refractivity (Wildman–Crippen MR) is 202 cm³/mol. The quantitative estimate of drug-likeness (QED) is 0.0702. The van der Waals surface area contributed by atoms with Crippen LogP contribution in [0.25, 0.3) is 0 Å². The molecule has 2 saturated carbocycles. The van der Waals surface area contributed by atoms with Gasteiger partial charge in [0.25, 0.3) is 0 Å². The van der Waals surface area contributed by atoms with E-state index >= 15 is 0 Å². The minimum atomic E-state index is 0.0693. The van der Waals surface area contributed by atoms with Crippen LogP contribution in [0.15, 0.2) is 23.3 Å². The Morgan fingerprint density at radius 1 is 0.787 bits per heavy atom. The normalized spacial score (nSPS) is 31.2. The van der Waals surface area contributed by atoms with Gasteiger partial charge in [-0.2, -0.15) is 0 Å². The molecule has 7 unspecified atom stereocenters. The summed E-state index contributed by atoms with van der Waals surface area (Å²) in [4.78, 5) is 12.8. The Hall–Kier alpha value is -1.05. The molecule has 0 N–H and O–H groups in total. The summed E-state index contributed by atoms with van der Waals surface area (Å²) in [5, 5.41) is 0. The molecule has 0 aliphatic heterocycles. The zero-order valence-electron chi connectivity index (χ0n) is 32.3. The van der Waals surface area contributed by atoms with Gasteiger partial charge in [-0.1, -0.05) is 135 Å². The molecule has 0 heterocycles. The van der Waals surface area contributed by atoms with Crippen LogP contribution in [-0.4, -0.2) is 12.1 Å². The Morgan fingerprint density at radius 3 is 2.17 bits per heavy atom. The highest BCUT2D eigenvalue weighted by molar-refractivity contribution is 5.69. The highest BCUT2D eigenvalue weighted by Gasteiger charge is 2.56. The lowest BCUT2D eigenvalue weighted by atomic mass is 9.50. The first kappa shape index (κ1) is 38.7. The third kappa shape index (κ3) is 10.7. The van der Waals surface area contributed by atoms with Crippen LogP contribution >= 0.6 is 0 Å². The summed E-state index contributed by atoms with van der Waals surface area (Å²) >= 11 is 0. The van der Waals surface area contributed by atoms with Crippen LogP contribution in [-0.2, 0) is 9.53 Å². The van der Waals surface area contributed by atoms with Crippen molar-refractivity contribution in [3.8, 4) is 0 Å². The van der Waals surface area contributed by atoms with E-state index in [1.165, 1.54) is 135 Å². The lowest BCUT2D eigenvalue weighted by molar-refractivity contribution is -0.153. The molecule has 0 aromatic heterocycles. The molecule has 0 radical (unpaired) electrons. The van der Waals surface area contributed by atoms with Gasteiger partial charge in [-0.25, -0.2) is 0 Å². The Bertz CT molecular complexity index is 990. The van der Waals surface area contributed by atoms with Crippen LogP contribution in [0.5, 0.6) is 0 Å². The second-order valence-corrected chi connectivity index (χ2v) is 17.9. The molecule has 47 heavy (non-hydrogen) atoms.